The second-order valence-corrected chi connectivity index (χ2v) is 16.2. The molecule has 0 aliphatic carbocycles. The predicted molar refractivity (Wildman–Crippen MR) is 208 cm³/mol. The molecule has 280 valence electrons. The molecule has 5 rings (SSSR count). The highest BCUT2D eigenvalue weighted by Gasteiger charge is 2.42. The monoisotopic (exact) mass is 750 g/mol. The molecule has 52 heavy (non-hydrogen) atoms. The number of unbranched alkanes of at least 4 members (excludes halogenated alkanes) is 1. The molecule has 0 radical (unpaired) electrons. The van der Waals surface area contributed by atoms with Gasteiger partial charge in [0.1, 0.15) is 5.75 Å². The summed E-state index contributed by atoms with van der Waals surface area (Å²) in [4.78, 5) is 36.6. The van der Waals surface area contributed by atoms with E-state index >= 15 is 0 Å². The minimum Gasteiger partial charge on any atom is -0.507 e. The van der Waals surface area contributed by atoms with Crippen molar-refractivity contribution in [1.82, 2.24) is 21.3 Å². The fraction of sp³-hybridized carbons (Fsp3) is 0.462. The molecule has 2 saturated heterocycles. The first-order valence-electron chi connectivity index (χ1n) is 18.2. The fourth-order valence-electron chi connectivity index (χ4n) is 6.21. The molecule has 0 saturated carbocycles. The van der Waals surface area contributed by atoms with Crippen LogP contribution in [0, 0.1) is 0 Å². The number of carbonyl (C=O) groups is 3. The van der Waals surface area contributed by atoms with Gasteiger partial charge in [0, 0.05) is 54.6 Å². The lowest BCUT2D eigenvalue weighted by Gasteiger charge is -2.21. The molecule has 13 heteroatoms. The van der Waals surface area contributed by atoms with Crippen molar-refractivity contribution in [2.24, 2.45) is 0 Å². The molecule has 0 aromatic heterocycles. The molecule has 11 nitrogen and oxygen atoms in total. The Labute approximate surface area is 312 Å². The van der Waals surface area contributed by atoms with Crippen molar-refractivity contribution >= 4 is 53.4 Å². The highest BCUT2D eigenvalue weighted by molar-refractivity contribution is 8.00. The summed E-state index contributed by atoms with van der Waals surface area (Å²) in [7, 11) is -1.04. The molecule has 5 N–H and O–H groups in total. The Balaban J connectivity index is 0.842. The summed E-state index contributed by atoms with van der Waals surface area (Å²) in [6.07, 6.45) is 4.78. The van der Waals surface area contributed by atoms with E-state index in [1.807, 2.05) is 48.2 Å². The zero-order valence-corrected chi connectivity index (χ0v) is 31.3. The largest absolute Gasteiger partial charge is 0.507 e. The van der Waals surface area contributed by atoms with Crippen LogP contribution in [0.4, 0.5) is 4.79 Å². The van der Waals surface area contributed by atoms with Gasteiger partial charge < -0.3 is 40.6 Å². The van der Waals surface area contributed by atoms with Gasteiger partial charge in [-0.25, -0.2) is 4.79 Å². The molecule has 0 unspecified atom stereocenters. The van der Waals surface area contributed by atoms with Crippen LogP contribution in [0.25, 0.3) is 0 Å². The molecule has 3 atom stereocenters. The maximum absolute atomic E-state index is 13.0. The van der Waals surface area contributed by atoms with E-state index in [4.69, 9.17) is 14.2 Å². The summed E-state index contributed by atoms with van der Waals surface area (Å²) < 4.78 is 16.8. The van der Waals surface area contributed by atoms with Crippen molar-refractivity contribution in [3.05, 3.63) is 84.4 Å². The second kappa shape index (κ2) is 21.8. The van der Waals surface area contributed by atoms with Crippen molar-refractivity contribution in [2.45, 2.75) is 55.9 Å². The fourth-order valence-corrected chi connectivity index (χ4v) is 10.1. The van der Waals surface area contributed by atoms with Crippen molar-refractivity contribution in [3.63, 3.8) is 0 Å². The standard InChI is InChI=1S/C39H51N4O7PS/c44-33-18-17-29(27-34(33)51(30-11-3-1-4-12-30)31-13-5-2-6-14-31)38(46)41-20-10-22-49-24-26-50-25-23-48-21-9-19-40-36(45)16-8-7-15-35-37-32(28-52-35)42-39(47)43-37/h1-6,11-14,17-18,27,32,35,37,44H,7-10,15-16,19-26,28H2,(H,40,45)(H,41,46)(H2,42,43,47)/t32-,35-,37-/m0/s1. The van der Waals surface area contributed by atoms with Crippen LogP contribution in [0.3, 0.4) is 0 Å². The van der Waals surface area contributed by atoms with Gasteiger partial charge in [-0.2, -0.15) is 11.8 Å². The number of amides is 4. The van der Waals surface area contributed by atoms with E-state index in [2.05, 4.69) is 45.5 Å². The second-order valence-electron chi connectivity index (χ2n) is 12.7. The number of benzene rings is 3. The Bertz CT molecular complexity index is 1510. The van der Waals surface area contributed by atoms with Crippen molar-refractivity contribution in [2.75, 3.05) is 58.5 Å². The number of fused-ring (bicyclic) bond motifs is 1. The van der Waals surface area contributed by atoms with E-state index in [0.29, 0.717) is 76.4 Å². The van der Waals surface area contributed by atoms with Crippen molar-refractivity contribution < 1.29 is 33.7 Å². The number of rotatable bonds is 23. The minimum atomic E-state index is -1.04. The molecule has 2 heterocycles. The highest BCUT2D eigenvalue weighted by atomic mass is 32.2. The van der Waals surface area contributed by atoms with Gasteiger partial charge in [0.2, 0.25) is 5.91 Å². The van der Waals surface area contributed by atoms with Gasteiger partial charge in [0.15, 0.2) is 0 Å². The van der Waals surface area contributed by atoms with Crippen LogP contribution in [-0.2, 0) is 19.0 Å². The SMILES string of the molecule is O=C(CCCC[C@@H]1SC[C@@H]2NC(=O)N[C@@H]21)NCCCOCCOCCOCCCNC(=O)c1ccc(O)c(P(c2ccccc2)c2ccccc2)c1. The summed E-state index contributed by atoms with van der Waals surface area (Å²) in [6.45, 7) is 3.98. The zero-order valence-electron chi connectivity index (χ0n) is 29.6. The molecule has 0 bridgehead atoms. The molecule has 4 amide bonds. The normalized spacial score (nSPS) is 17.8. The quantitative estimate of drug-likeness (QED) is 0.0562. The van der Waals surface area contributed by atoms with Crippen molar-refractivity contribution in [3.8, 4) is 5.75 Å². The van der Waals surface area contributed by atoms with Crippen LogP contribution in [-0.4, -0.2) is 98.8 Å². The van der Waals surface area contributed by atoms with Gasteiger partial charge in [-0.05, 0) is 62.4 Å². The number of aromatic hydroxyl groups is 1. The third kappa shape index (κ3) is 12.5. The van der Waals surface area contributed by atoms with Crippen LogP contribution in [0.15, 0.2) is 78.9 Å². The lowest BCUT2D eigenvalue weighted by molar-refractivity contribution is -0.121. The van der Waals surface area contributed by atoms with Gasteiger partial charge in [-0.15, -0.1) is 0 Å². The minimum absolute atomic E-state index is 0.0605. The number of hydrogen-bond acceptors (Lipinski definition) is 8. The third-order valence-corrected chi connectivity index (χ3v) is 12.8. The van der Waals surface area contributed by atoms with E-state index < -0.39 is 7.92 Å². The average Bonchev–Trinajstić information content (AvgIpc) is 3.72. The third-order valence-electron chi connectivity index (χ3n) is 8.87. The number of phenolic OH excluding ortho intramolecular Hbond substituents is 1. The lowest BCUT2D eigenvalue weighted by Crippen LogP contribution is -2.36. The maximum Gasteiger partial charge on any atom is 0.315 e. The first-order valence-corrected chi connectivity index (χ1v) is 20.6. The molecular weight excluding hydrogens is 699 g/mol. The first kappa shape index (κ1) is 39.5. The predicted octanol–water partition coefficient (Wildman–Crippen LogP) is 3.55. The van der Waals surface area contributed by atoms with Crippen LogP contribution in [0.5, 0.6) is 5.75 Å². The van der Waals surface area contributed by atoms with Crippen molar-refractivity contribution in [1.29, 1.82) is 0 Å². The molecule has 2 fully saturated rings. The van der Waals surface area contributed by atoms with Gasteiger partial charge in [0.05, 0.1) is 38.5 Å². The number of urea groups is 1. The maximum atomic E-state index is 13.0. The molecular formula is C39H51N4O7PS. The van der Waals surface area contributed by atoms with Crippen LogP contribution in [0.1, 0.15) is 48.9 Å². The topological polar surface area (TPSA) is 147 Å². The Hall–Kier alpha value is -3.67. The summed E-state index contributed by atoms with van der Waals surface area (Å²) in [5.41, 5.74) is 0.507. The van der Waals surface area contributed by atoms with E-state index in [1.54, 1.807) is 18.2 Å². The van der Waals surface area contributed by atoms with Gasteiger partial charge in [-0.1, -0.05) is 67.1 Å². The number of carbonyl (C=O) groups excluding carboxylic acids is 3. The summed E-state index contributed by atoms with van der Waals surface area (Å²) in [5, 5.41) is 26.1. The van der Waals surface area contributed by atoms with Crippen LogP contribution in [0.2, 0.25) is 0 Å². The number of ether oxygens (including phenoxy) is 3. The van der Waals surface area contributed by atoms with E-state index in [1.165, 1.54) is 0 Å². The number of nitrogens with one attached hydrogen (secondary N) is 4. The number of phenols is 1. The van der Waals surface area contributed by atoms with Gasteiger partial charge in [0.25, 0.3) is 5.91 Å². The Morgan fingerprint density at radius 2 is 1.38 bits per heavy atom. The molecule has 2 aliphatic rings. The number of thioether (sulfide) groups is 1. The summed E-state index contributed by atoms with van der Waals surface area (Å²) in [6, 6.07) is 25.6. The highest BCUT2D eigenvalue weighted by Crippen LogP contribution is 2.36. The van der Waals surface area contributed by atoms with E-state index in [9.17, 15) is 19.5 Å². The zero-order chi connectivity index (χ0) is 36.4. The van der Waals surface area contributed by atoms with Crippen LogP contribution < -0.4 is 37.2 Å². The summed E-state index contributed by atoms with van der Waals surface area (Å²) in [5.74, 6) is 1.02. The molecule has 3 aromatic carbocycles. The van der Waals surface area contributed by atoms with Gasteiger partial charge in [-0.3, -0.25) is 9.59 Å². The van der Waals surface area contributed by atoms with E-state index in [-0.39, 0.29) is 35.7 Å². The van der Waals surface area contributed by atoms with E-state index in [0.717, 1.165) is 47.3 Å². The smallest absolute Gasteiger partial charge is 0.315 e. The molecule has 0 spiro atoms. The average molecular weight is 751 g/mol. The van der Waals surface area contributed by atoms with Crippen LogP contribution >= 0.6 is 19.7 Å². The van der Waals surface area contributed by atoms with Gasteiger partial charge >= 0.3 is 6.03 Å². The molecule has 2 aliphatic heterocycles. The first-order chi connectivity index (χ1) is 25.5. The Kier molecular flexibility index (Phi) is 16.5. The molecule has 3 aromatic rings. The lowest BCUT2D eigenvalue weighted by atomic mass is 10.0. The number of hydrogen-bond donors (Lipinski definition) is 5. The Morgan fingerprint density at radius 3 is 2.04 bits per heavy atom. The summed E-state index contributed by atoms with van der Waals surface area (Å²) >= 11 is 1.90. The Morgan fingerprint density at radius 1 is 0.769 bits per heavy atom.